The second-order valence-electron chi connectivity index (χ2n) is 8.54. The minimum Gasteiger partial charge on any atom is -0.374 e. The zero-order valence-electron chi connectivity index (χ0n) is 15.8. The van der Waals surface area contributed by atoms with Gasteiger partial charge in [0.1, 0.15) is 0 Å². The van der Waals surface area contributed by atoms with Crippen LogP contribution in [-0.4, -0.2) is 5.78 Å². The van der Waals surface area contributed by atoms with Gasteiger partial charge in [-0.05, 0) is 39.8 Å². The predicted molar refractivity (Wildman–Crippen MR) is 112 cm³/mol. The van der Waals surface area contributed by atoms with Crippen LogP contribution in [0.4, 0.5) is 5.69 Å². The lowest BCUT2D eigenvalue weighted by Gasteiger charge is -2.40. The summed E-state index contributed by atoms with van der Waals surface area (Å²) in [5.74, 6) is 0.279. The zero-order valence-corrected chi connectivity index (χ0v) is 15.8. The van der Waals surface area contributed by atoms with Crippen LogP contribution >= 0.6 is 0 Å². The summed E-state index contributed by atoms with van der Waals surface area (Å²) in [4.78, 5) is 13.3. The molecule has 0 amide bonds. The number of nitrogens with one attached hydrogen (secondary N) is 1. The van der Waals surface area contributed by atoms with Crippen molar-refractivity contribution in [2.45, 2.75) is 32.7 Å². The van der Waals surface area contributed by atoms with Crippen LogP contribution in [0, 0.1) is 5.41 Å². The molecule has 0 radical (unpaired) electrons. The molecule has 0 saturated carbocycles. The van der Waals surface area contributed by atoms with Crippen molar-refractivity contribution >= 4 is 27.8 Å². The number of Topliss-reactive ketones (excluding diaryl/α,β-unsaturated/α-hetero) is 1. The van der Waals surface area contributed by atoms with Crippen molar-refractivity contribution in [3.8, 4) is 0 Å². The van der Waals surface area contributed by atoms with E-state index in [1.54, 1.807) is 0 Å². The first-order chi connectivity index (χ1) is 13.0. The quantitative estimate of drug-likeness (QED) is 0.568. The van der Waals surface area contributed by atoms with E-state index in [4.69, 9.17) is 0 Å². The molecule has 0 spiro atoms. The molecular weight excluding hydrogens is 330 g/mol. The summed E-state index contributed by atoms with van der Waals surface area (Å²) >= 11 is 0. The summed E-state index contributed by atoms with van der Waals surface area (Å²) in [7, 11) is 0. The van der Waals surface area contributed by atoms with Gasteiger partial charge in [-0.25, -0.2) is 0 Å². The van der Waals surface area contributed by atoms with E-state index in [9.17, 15) is 4.79 Å². The summed E-state index contributed by atoms with van der Waals surface area (Å²) in [6, 6.07) is 23.2. The molecule has 0 fully saturated rings. The van der Waals surface area contributed by atoms with E-state index in [1.165, 1.54) is 16.5 Å². The zero-order chi connectivity index (χ0) is 18.6. The van der Waals surface area contributed by atoms with Gasteiger partial charge in [-0.1, -0.05) is 74.5 Å². The largest absolute Gasteiger partial charge is 0.374 e. The van der Waals surface area contributed by atoms with Gasteiger partial charge in [0.15, 0.2) is 5.78 Å². The van der Waals surface area contributed by atoms with Gasteiger partial charge in [0.2, 0.25) is 0 Å². The number of anilines is 1. The lowest BCUT2D eigenvalue weighted by Crippen LogP contribution is -2.32. The van der Waals surface area contributed by atoms with Crippen molar-refractivity contribution < 1.29 is 4.79 Å². The fourth-order valence-electron chi connectivity index (χ4n) is 4.75. The van der Waals surface area contributed by atoms with Crippen molar-refractivity contribution in [2.75, 3.05) is 5.32 Å². The number of hydrogen-bond donors (Lipinski definition) is 1. The molecule has 2 heteroatoms. The topological polar surface area (TPSA) is 29.1 Å². The Kier molecular flexibility index (Phi) is 3.51. The van der Waals surface area contributed by atoms with Crippen molar-refractivity contribution in [3.05, 3.63) is 83.4 Å². The van der Waals surface area contributed by atoms with Gasteiger partial charge in [0.25, 0.3) is 0 Å². The van der Waals surface area contributed by atoms with Crippen molar-refractivity contribution in [3.63, 3.8) is 0 Å². The van der Waals surface area contributed by atoms with Gasteiger partial charge < -0.3 is 5.32 Å². The first-order valence-corrected chi connectivity index (χ1v) is 9.63. The molecular formula is C25H23NO. The van der Waals surface area contributed by atoms with E-state index in [2.05, 4.69) is 79.8 Å². The standard InChI is InChI=1S/C25H23NO/c1-25(2)14-19-23(21(27)15-25)22-18-11-7-6-8-16(18)12-13-20(22)26-24(19)17-9-4-3-5-10-17/h3-13,24,26H,14-15H2,1-2H3/t24-/m0/s1. The first-order valence-electron chi connectivity index (χ1n) is 9.63. The Morgan fingerprint density at radius 1 is 0.889 bits per heavy atom. The highest BCUT2D eigenvalue weighted by Gasteiger charge is 2.40. The van der Waals surface area contributed by atoms with Gasteiger partial charge in [-0.15, -0.1) is 0 Å². The fraction of sp³-hybridized carbons (Fsp3) is 0.240. The van der Waals surface area contributed by atoms with Crippen molar-refractivity contribution in [1.82, 2.24) is 0 Å². The Bertz CT molecular complexity index is 1090. The molecule has 27 heavy (non-hydrogen) atoms. The van der Waals surface area contributed by atoms with Crippen LogP contribution in [0.25, 0.3) is 16.3 Å². The molecule has 1 N–H and O–H groups in total. The Morgan fingerprint density at radius 2 is 1.63 bits per heavy atom. The van der Waals surface area contributed by atoms with Gasteiger partial charge in [-0.2, -0.15) is 0 Å². The Balaban J connectivity index is 1.82. The molecule has 3 aromatic carbocycles. The van der Waals surface area contributed by atoms with E-state index in [0.29, 0.717) is 6.42 Å². The minimum atomic E-state index is -0.00723. The first kappa shape index (κ1) is 16.3. The van der Waals surface area contributed by atoms with Crippen molar-refractivity contribution in [2.24, 2.45) is 5.41 Å². The van der Waals surface area contributed by atoms with E-state index in [-0.39, 0.29) is 17.2 Å². The molecule has 0 bridgehead atoms. The molecule has 5 rings (SSSR count). The number of hydrogen-bond acceptors (Lipinski definition) is 2. The third kappa shape index (κ3) is 2.59. The monoisotopic (exact) mass is 353 g/mol. The Morgan fingerprint density at radius 3 is 2.44 bits per heavy atom. The average molecular weight is 353 g/mol. The average Bonchev–Trinajstić information content (AvgIpc) is 2.66. The van der Waals surface area contributed by atoms with Crippen LogP contribution in [-0.2, 0) is 4.79 Å². The van der Waals surface area contributed by atoms with E-state index in [0.717, 1.165) is 28.6 Å². The molecule has 134 valence electrons. The second-order valence-corrected chi connectivity index (χ2v) is 8.54. The van der Waals surface area contributed by atoms with Gasteiger partial charge in [-0.3, -0.25) is 4.79 Å². The Hall–Kier alpha value is -2.87. The lowest BCUT2D eigenvalue weighted by molar-refractivity contribution is -0.116. The Labute approximate surface area is 159 Å². The van der Waals surface area contributed by atoms with Gasteiger partial charge in [0.05, 0.1) is 6.04 Å². The molecule has 2 nitrogen and oxygen atoms in total. The number of allylic oxidation sites excluding steroid dienone is 1. The predicted octanol–water partition coefficient (Wildman–Crippen LogP) is 6.15. The molecule has 0 aromatic heterocycles. The third-order valence-corrected chi connectivity index (χ3v) is 5.87. The van der Waals surface area contributed by atoms with E-state index >= 15 is 0 Å². The smallest absolute Gasteiger partial charge is 0.164 e. The van der Waals surface area contributed by atoms with Gasteiger partial charge in [0, 0.05) is 23.2 Å². The molecule has 1 aliphatic heterocycles. The van der Waals surface area contributed by atoms with E-state index in [1.807, 2.05) is 6.07 Å². The highest BCUT2D eigenvalue weighted by molar-refractivity contribution is 6.28. The number of benzene rings is 3. The SMILES string of the molecule is CC1(C)CC(=O)C2=C(C1)[C@H](c1ccccc1)Nc1ccc3ccccc3c12. The molecule has 1 heterocycles. The molecule has 1 aliphatic carbocycles. The molecule has 1 atom stereocenters. The van der Waals surface area contributed by atoms with Crippen LogP contribution in [0.2, 0.25) is 0 Å². The highest BCUT2D eigenvalue weighted by Crippen LogP contribution is 2.51. The minimum absolute atomic E-state index is 0.00723. The highest BCUT2D eigenvalue weighted by atomic mass is 16.1. The van der Waals surface area contributed by atoms with Crippen LogP contribution in [0.1, 0.15) is 43.9 Å². The maximum atomic E-state index is 13.3. The number of rotatable bonds is 1. The summed E-state index contributed by atoms with van der Waals surface area (Å²) in [6.07, 6.45) is 1.54. The number of carbonyl (C=O) groups is 1. The van der Waals surface area contributed by atoms with Crippen LogP contribution < -0.4 is 5.32 Å². The number of carbonyl (C=O) groups excluding carboxylic acids is 1. The normalized spacial score (nSPS) is 20.8. The maximum absolute atomic E-state index is 13.3. The lowest BCUT2D eigenvalue weighted by atomic mass is 9.68. The summed E-state index contributed by atoms with van der Waals surface area (Å²) in [6.45, 7) is 4.41. The fourth-order valence-corrected chi connectivity index (χ4v) is 4.75. The summed E-state index contributed by atoms with van der Waals surface area (Å²) in [5.41, 5.74) is 5.56. The number of fused-ring (bicyclic) bond motifs is 4. The van der Waals surface area contributed by atoms with Crippen LogP contribution in [0.3, 0.4) is 0 Å². The summed E-state index contributed by atoms with van der Waals surface area (Å²) < 4.78 is 0. The van der Waals surface area contributed by atoms with Gasteiger partial charge >= 0.3 is 0 Å². The third-order valence-electron chi connectivity index (χ3n) is 5.87. The van der Waals surface area contributed by atoms with Crippen LogP contribution in [0.5, 0.6) is 0 Å². The van der Waals surface area contributed by atoms with Crippen LogP contribution in [0.15, 0.2) is 72.3 Å². The maximum Gasteiger partial charge on any atom is 0.164 e. The molecule has 3 aromatic rings. The molecule has 0 saturated heterocycles. The van der Waals surface area contributed by atoms with Crippen molar-refractivity contribution in [1.29, 1.82) is 0 Å². The summed E-state index contributed by atoms with van der Waals surface area (Å²) in [5, 5.41) is 6.10. The molecule has 2 aliphatic rings. The second kappa shape index (κ2) is 5.82. The molecule has 0 unspecified atom stereocenters. The number of ketones is 1. The van der Waals surface area contributed by atoms with E-state index < -0.39 is 0 Å².